The third-order valence-electron chi connectivity index (χ3n) is 4.01. The summed E-state index contributed by atoms with van der Waals surface area (Å²) >= 11 is 0. The van der Waals surface area contributed by atoms with Crippen LogP contribution in [0.25, 0.3) is 0 Å². The molecular formula is C14H17F2N3. The van der Waals surface area contributed by atoms with Gasteiger partial charge >= 0.3 is 0 Å². The molecular weight excluding hydrogens is 248 g/mol. The smallest absolute Gasteiger partial charge is 0.192 e. The summed E-state index contributed by atoms with van der Waals surface area (Å²) in [5, 5.41) is 0. The maximum absolute atomic E-state index is 13.4. The number of hydrogen-bond donors (Lipinski definition) is 1. The van der Waals surface area contributed by atoms with Gasteiger partial charge in [0.05, 0.1) is 12.6 Å². The van der Waals surface area contributed by atoms with Crippen LogP contribution in [0.3, 0.4) is 0 Å². The lowest BCUT2D eigenvalue weighted by Crippen LogP contribution is -2.42. The Morgan fingerprint density at radius 2 is 1.74 bits per heavy atom. The number of nitrogens with two attached hydrogens (primary N) is 1. The van der Waals surface area contributed by atoms with E-state index < -0.39 is 11.6 Å². The van der Waals surface area contributed by atoms with Gasteiger partial charge in [-0.3, -0.25) is 4.99 Å². The largest absolute Gasteiger partial charge is 0.370 e. The number of halogens is 2. The van der Waals surface area contributed by atoms with Crippen LogP contribution >= 0.6 is 0 Å². The van der Waals surface area contributed by atoms with Gasteiger partial charge in [0.15, 0.2) is 5.96 Å². The topological polar surface area (TPSA) is 41.6 Å². The molecule has 1 fully saturated rings. The second-order valence-corrected chi connectivity index (χ2v) is 5.26. The molecule has 0 spiro atoms. The van der Waals surface area contributed by atoms with Gasteiger partial charge in [-0.25, -0.2) is 8.78 Å². The average Bonchev–Trinajstić information content (AvgIpc) is 2.96. The van der Waals surface area contributed by atoms with Gasteiger partial charge in [-0.05, 0) is 30.5 Å². The van der Waals surface area contributed by atoms with Crippen molar-refractivity contribution < 1.29 is 8.78 Å². The molecule has 0 bridgehead atoms. The van der Waals surface area contributed by atoms with E-state index in [2.05, 4.69) is 4.99 Å². The SMILES string of the molecule is NC1=NCC(c2cc(F)cc(F)c2)N1C1CCCC1. The molecule has 102 valence electrons. The molecule has 19 heavy (non-hydrogen) atoms. The van der Waals surface area contributed by atoms with Crippen molar-refractivity contribution >= 4 is 5.96 Å². The molecule has 3 rings (SSSR count). The van der Waals surface area contributed by atoms with Crippen LogP contribution in [0.1, 0.15) is 37.3 Å². The van der Waals surface area contributed by atoms with Crippen LogP contribution in [0.2, 0.25) is 0 Å². The van der Waals surface area contributed by atoms with Gasteiger partial charge in [-0.2, -0.15) is 0 Å². The van der Waals surface area contributed by atoms with Crippen molar-refractivity contribution in [3.63, 3.8) is 0 Å². The molecule has 1 saturated carbocycles. The molecule has 1 aromatic carbocycles. The molecule has 1 aliphatic heterocycles. The molecule has 1 aliphatic carbocycles. The molecule has 1 heterocycles. The molecule has 2 N–H and O–H groups in total. The number of benzene rings is 1. The normalized spacial score (nSPS) is 24.0. The highest BCUT2D eigenvalue weighted by Crippen LogP contribution is 2.34. The minimum Gasteiger partial charge on any atom is -0.370 e. The van der Waals surface area contributed by atoms with Crippen molar-refractivity contribution in [3.05, 3.63) is 35.4 Å². The predicted octanol–water partition coefficient (Wildman–Crippen LogP) is 2.58. The first-order chi connectivity index (χ1) is 9.15. The summed E-state index contributed by atoms with van der Waals surface area (Å²) in [6, 6.07) is 3.87. The lowest BCUT2D eigenvalue weighted by Gasteiger charge is -2.32. The molecule has 3 nitrogen and oxygen atoms in total. The van der Waals surface area contributed by atoms with Crippen molar-refractivity contribution in [1.29, 1.82) is 0 Å². The summed E-state index contributed by atoms with van der Waals surface area (Å²) in [6.07, 6.45) is 4.51. The first-order valence-electron chi connectivity index (χ1n) is 6.69. The number of aliphatic imine (C=N–C) groups is 1. The summed E-state index contributed by atoms with van der Waals surface area (Å²) in [5.41, 5.74) is 6.57. The van der Waals surface area contributed by atoms with Gasteiger partial charge in [0, 0.05) is 12.1 Å². The van der Waals surface area contributed by atoms with E-state index in [1.54, 1.807) is 0 Å². The molecule has 0 aromatic heterocycles. The first kappa shape index (κ1) is 12.4. The zero-order chi connectivity index (χ0) is 13.4. The average molecular weight is 265 g/mol. The fourth-order valence-electron chi connectivity index (χ4n) is 3.17. The second kappa shape index (κ2) is 4.79. The Bertz CT molecular complexity index is 489. The minimum atomic E-state index is -0.549. The molecule has 1 atom stereocenters. The van der Waals surface area contributed by atoms with Gasteiger partial charge in [0.1, 0.15) is 11.6 Å². The zero-order valence-electron chi connectivity index (χ0n) is 10.6. The van der Waals surface area contributed by atoms with E-state index in [9.17, 15) is 8.78 Å². The Hall–Kier alpha value is -1.65. The highest BCUT2D eigenvalue weighted by Gasteiger charge is 2.34. The summed E-state index contributed by atoms with van der Waals surface area (Å²) in [4.78, 5) is 6.30. The fourth-order valence-corrected chi connectivity index (χ4v) is 3.17. The van der Waals surface area contributed by atoms with Crippen LogP contribution < -0.4 is 5.73 Å². The Morgan fingerprint density at radius 1 is 1.11 bits per heavy atom. The Balaban J connectivity index is 1.90. The Morgan fingerprint density at radius 3 is 2.37 bits per heavy atom. The van der Waals surface area contributed by atoms with E-state index in [4.69, 9.17) is 5.73 Å². The maximum atomic E-state index is 13.4. The highest BCUT2D eigenvalue weighted by molar-refractivity contribution is 5.80. The molecule has 0 amide bonds. The minimum absolute atomic E-state index is 0.131. The van der Waals surface area contributed by atoms with Gasteiger partial charge in [-0.15, -0.1) is 0 Å². The van der Waals surface area contributed by atoms with Crippen molar-refractivity contribution in [2.75, 3.05) is 6.54 Å². The summed E-state index contributed by atoms with van der Waals surface area (Å²) < 4.78 is 26.7. The number of nitrogens with zero attached hydrogens (tertiary/aromatic N) is 2. The summed E-state index contributed by atoms with van der Waals surface area (Å²) in [5.74, 6) is -0.597. The maximum Gasteiger partial charge on any atom is 0.192 e. The Kier molecular flexibility index (Phi) is 3.12. The molecule has 1 aromatic rings. The van der Waals surface area contributed by atoms with Crippen LogP contribution in [0.15, 0.2) is 23.2 Å². The van der Waals surface area contributed by atoms with Gasteiger partial charge in [0.25, 0.3) is 0 Å². The number of guanidine groups is 1. The zero-order valence-corrected chi connectivity index (χ0v) is 10.6. The van der Waals surface area contributed by atoms with Gasteiger partial charge < -0.3 is 10.6 Å². The number of rotatable bonds is 2. The molecule has 1 unspecified atom stereocenters. The van der Waals surface area contributed by atoms with Crippen molar-refractivity contribution in [2.45, 2.75) is 37.8 Å². The van der Waals surface area contributed by atoms with Crippen molar-refractivity contribution in [1.82, 2.24) is 4.90 Å². The molecule has 0 saturated heterocycles. The second-order valence-electron chi connectivity index (χ2n) is 5.26. The van der Waals surface area contributed by atoms with E-state index in [1.807, 2.05) is 4.90 Å². The van der Waals surface area contributed by atoms with E-state index in [-0.39, 0.29) is 6.04 Å². The van der Waals surface area contributed by atoms with Crippen LogP contribution in [0.4, 0.5) is 8.78 Å². The van der Waals surface area contributed by atoms with Gasteiger partial charge in [-0.1, -0.05) is 12.8 Å². The lowest BCUT2D eigenvalue weighted by molar-refractivity contribution is 0.261. The van der Waals surface area contributed by atoms with Crippen molar-refractivity contribution in [2.24, 2.45) is 10.7 Å². The third kappa shape index (κ3) is 2.29. The monoisotopic (exact) mass is 265 g/mol. The van der Waals surface area contributed by atoms with Crippen LogP contribution in [-0.2, 0) is 0 Å². The quantitative estimate of drug-likeness (QED) is 0.893. The highest BCUT2D eigenvalue weighted by atomic mass is 19.1. The summed E-state index contributed by atoms with van der Waals surface area (Å²) in [6.45, 7) is 0.477. The van der Waals surface area contributed by atoms with Crippen LogP contribution in [0.5, 0.6) is 0 Å². The molecule has 2 aliphatic rings. The predicted molar refractivity (Wildman–Crippen MR) is 69.7 cm³/mol. The van der Waals surface area contributed by atoms with Crippen molar-refractivity contribution in [3.8, 4) is 0 Å². The van der Waals surface area contributed by atoms with E-state index in [0.717, 1.165) is 18.9 Å². The van der Waals surface area contributed by atoms with Gasteiger partial charge in [0.2, 0.25) is 0 Å². The van der Waals surface area contributed by atoms with E-state index >= 15 is 0 Å². The third-order valence-corrected chi connectivity index (χ3v) is 4.01. The molecule has 5 heteroatoms. The summed E-state index contributed by atoms with van der Waals surface area (Å²) in [7, 11) is 0. The van der Waals surface area contributed by atoms with E-state index in [0.29, 0.717) is 24.1 Å². The van der Waals surface area contributed by atoms with E-state index in [1.165, 1.54) is 25.0 Å². The van der Waals surface area contributed by atoms with Crippen LogP contribution in [0, 0.1) is 11.6 Å². The van der Waals surface area contributed by atoms with Crippen LogP contribution in [-0.4, -0.2) is 23.4 Å². The lowest BCUT2D eigenvalue weighted by atomic mass is 10.0. The standard InChI is InChI=1S/C14H17F2N3/c15-10-5-9(6-11(16)7-10)13-8-18-14(17)19(13)12-3-1-2-4-12/h5-7,12-13H,1-4,8H2,(H2,17,18). The Labute approximate surface area is 111 Å². The first-order valence-corrected chi connectivity index (χ1v) is 6.69. The fraction of sp³-hybridized carbons (Fsp3) is 0.500. The number of hydrogen-bond acceptors (Lipinski definition) is 3. The molecule has 0 radical (unpaired) electrons.